The number of aromatic nitrogens is 2. The molecular weight excluding hydrogens is 252 g/mol. The topological polar surface area (TPSA) is 40.9 Å². The van der Waals surface area contributed by atoms with Crippen molar-refractivity contribution in [1.29, 1.82) is 0 Å². The van der Waals surface area contributed by atoms with Gasteiger partial charge >= 0.3 is 0 Å². The minimum atomic E-state index is 0.0594. The molecule has 0 spiro atoms. The fourth-order valence-corrected chi connectivity index (χ4v) is 2.93. The molecule has 1 saturated carbocycles. The Hall–Kier alpha value is -1.88. The summed E-state index contributed by atoms with van der Waals surface area (Å²) < 4.78 is 1.90. The van der Waals surface area contributed by atoms with E-state index in [4.69, 9.17) is 0 Å². The highest BCUT2D eigenvalue weighted by Gasteiger charge is 2.32. The quantitative estimate of drug-likeness (QED) is 0.825. The second kappa shape index (κ2) is 4.59. The number of imidazole rings is 1. The summed E-state index contributed by atoms with van der Waals surface area (Å²) in [5.74, 6) is 0.0594. The monoisotopic (exact) mass is 270 g/mol. The average Bonchev–Trinajstić information content (AvgIpc) is 3.25. The molecule has 3 heterocycles. The molecule has 0 unspecified atom stereocenters. The molecule has 5 nitrogen and oxygen atoms in total. The van der Waals surface area contributed by atoms with Crippen LogP contribution in [0.5, 0.6) is 0 Å². The number of carbonyl (C=O) groups excluding carboxylic acids is 1. The lowest BCUT2D eigenvalue weighted by molar-refractivity contribution is 0.0622. The number of fused-ring (bicyclic) bond motifs is 1. The highest BCUT2D eigenvalue weighted by molar-refractivity contribution is 5.93. The van der Waals surface area contributed by atoms with Gasteiger partial charge in [-0.05, 0) is 25.0 Å². The lowest BCUT2D eigenvalue weighted by atomic mass is 10.3. The molecule has 0 bridgehead atoms. The molecule has 2 aromatic rings. The molecule has 2 aromatic heterocycles. The van der Waals surface area contributed by atoms with Crippen LogP contribution in [0.15, 0.2) is 30.6 Å². The number of rotatable bonds is 2. The highest BCUT2D eigenvalue weighted by atomic mass is 16.2. The Morgan fingerprint density at radius 1 is 1.15 bits per heavy atom. The largest absolute Gasteiger partial charge is 0.335 e. The number of hydrogen-bond acceptors (Lipinski definition) is 3. The molecule has 2 aliphatic rings. The van der Waals surface area contributed by atoms with Crippen molar-refractivity contribution in [2.75, 3.05) is 26.2 Å². The number of hydrogen-bond donors (Lipinski definition) is 0. The SMILES string of the molecule is O=C(c1cn2ccccc2n1)N1CCN(C2CC2)CC1. The van der Waals surface area contributed by atoms with Crippen LogP contribution in [0.1, 0.15) is 23.3 Å². The van der Waals surface area contributed by atoms with Crippen molar-refractivity contribution in [1.82, 2.24) is 19.2 Å². The molecule has 20 heavy (non-hydrogen) atoms. The molecule has 1 aliphatic heterocycles. The molecule has 4 rings (SSSR count). The van der Waals surface area contributed by atoms with Gasteiger partial charge in [0.15, 0.2) is 0 Å². The van der Waals surface area contributed by atoms with E-state index in [2.05, 4.69) is 9.88 Å². The number of amides is 1. The van der Waals surface area contributed by atoms with Crippen LogP contribution in [0.2, 0.25) is 0 Å². The van der Waals surface area contributed by atoms with E-state index in [0.29, 0.717) is 5.69 Å². The van der Waals surface area contributed by atoms with E-state index in [1.54, 1.807) is 0 Å². The Balaban J connectivity index is 1.49. The number of piperazine rings is 1. The molecule has 5 heteroatoms. The van der Waals surface area contributed by atoms with Gasteiger partial charge in [0.05, 0.1) is 0 Å². The van der Waals surface area contributed by atoms with Crippen molar-refractivity contribution in [3.8, 4) is 0 Å². The first-order chi connectivity index (χ1) is 9.81. The summed E-state index contributed by atoms with van der Waals surface area (Å²) in [5, 5.41) is 0. The Labute approximate surface area is 117 Å². The predicted molar refractivity (Wildman–Crippen MR) is 75.7 cm³/mol. The van der Waals surface area contributed by atoms with Crippen LogP contribution in [0.3, 0.4) is 0 Å². The van der Waals surface area contributed by atoms with E-state index in [0.717, 1.165) is 37.9 Å². The van der Waals surface area contributed by atoms with E-state index < -0.39 is 0 Å². The Morgan fingerprint density at radius 3 is 2.65 bits per heavy atom. The molecule has 1 saturated heterocycles. The number of nitrogens with zero attached hydrogens (tertiary/aromatic N) is 4. The van der Waals surface area contributed by atoms with Gasteiger partial charge in [-0.2, -0.15) is 0 Å². The summed E-state index contributed by atoms with van der Waals surface area (Å²) in [4.78, 5) is 21.3. The van der Waals surface area contributed by atoms with Gasteiger partial charge in [0.2, 0.25) is 0 Å². The maximum atomic E-state index is 12.5. The third-order valence-electron chi connectivity index (χ3n) is 4.25. The van der Waals surface area contributed by atoms with Crippen LogP contribution in [0, 0.1) is 0 Å². The number of pyridine rings is 1. The Morgan fingerprint density at radius 2 is 1.95 bits per heavy atom. The summed E-state index contributed by atoms with van der Waals surface area (Å²) in [5.41, 5.74) is 1.38. The molecular formula is C15H18N4O. The second-order valence-electron chi connectivity index (χ2n) is 5.65. The van der Waals surface area contributed by atoms with Crippen molar-refractivity contribution in [3.63, 3.8) is 0 Å². The average molecular weight is 270 g/mol. The molecule has 0 atom stereocenters. The van der Waals surface area contributed by atoms with E-state index in [9.17, 15) is 4.79 Å². The summed E-state index contributed by atoms with van der Waals surface area (Å²) in [7, 11) is 0. The molecule has 1 amide bonds. The summed E-state index contributed by atoms with van der Waals surface area (Å²) in [6.45, 7) is 3.65. The highest BCUT2D eigenvalue weighted by Crippen LogP contribution is 2.27. The van der Waals surface area contributed by atoms with Crippen molar-refractivity contribution >= 4 is 11.6 Å². The van der Waals surface area contributed by atoms with Crippen molar-refractivity contribution < 1.29 is 4.79 Å². The van der Waals surface area contributed by atoms with Crippen LogP contribution < -0.4 is 0 Å². The van der Waals surface area contributed by atoms with E-state index in [1.807, 2.05) is 39.9 Å². The molecule has 104 valence electrons. The predicted octanol–water partition coefficient (Wildman–Crippen LogP) is 1.25. The molecule has 0 radical (unpaired) electrons. The fraction of sp³-hybridized carbons (Fsp3) is 0.467. The van der Waals surface area contributed by atoms with Gasteiger partial charge in [0.1, 0.15) is 11.3 Å². The van der Waals surface area contributed by atoms with Crippen LogP contribution in [-0.2, 0) is 0 Å². The zero-order chi connectivity index (χ0) is 13.5. The standard InChI is InChI=1S/C15H18N4O/c20-15(13-11-19-6-2-1-3-14(19)16-13)18-9-7-17(8-10-18)12-4-5-12/h1-3,6,11-12H,4-5,7-10H2. The minimum absolute atomic E-state index is 0.0594. The Bertz CT molecular complexity index is 605. The maximum absolute atomic E-state index is 12.5. The van der Waals surface area contributed by atoms with Gasteiger partial charge in [-0.15, -0.1) is 0 Å². The third-order valence-corrected chi connectivity index (χ3v) is 4.25. The van der Waals surface area contributed by atoms with Crippen LogP contribution in [-0.4, -0.2) is 57.3 Å². The molecule has 2 fully saturated rings. The van der Waals surface area contributed by atoms with Crippen LogP contribution >= 0.6 is 0 Å². The molecule has 0 aromatic carbocycles. The lowest BCUT2D eigenvalue weighted by Crippen LogP contribution is -2.49. The number of carbonyl (C=O) groups is 1. The van der Waals surface area contributed by atoms with Crippen molar-refractivity contribution in [3.05, 3.63) is 36.3 Å². The van der Waals surface area contributed by atoms with Gasteiger partial charge in [-0.1, -0.05) is 6.07 Å². The fourth-order valence-electron chi connectivity index (χ4n) is 2.93. The van der Waals surface area contributed by atoms with Gasteiger partial charge in [-0.25, -0.2) is 4.98 Å². The maximum Gasteiger partial charge on any atom is 0.274 e. The van der Waals surface area contributed by atoms with Gasteiger partial charge in [0, 0.05) is 44.6 Å². The normalized spacial score (nSPS) is 20.5. The third kappa shape index (κ3) is 2.08. The van der Waals surface area contributed by atoms with E-state index >= 15 is 0 Å². The van der Waals surface area contributed by atoms with Gasteiger partial charge in [-0.3, -0.25) is 9.69 Å². The van der Waals surface area contributed by atoms with E-state index in [-0.39, 0.29) is 5.91 Å². The van der Waals surface area contributed by atoms with Crippen molar-refractivity contribution in [2.45, 2.75) is 18.9 Å². The Kier molecular flexibility index (Phi) is 2.73. The van der Waals surface area contributed by atoms with Gasteiger partial charge in [0.25, 0.3) is 5.91 Å². The van der Waals surface area contributed by atoms with Crippen molar-refractivity contribution in [2.24, 2.45) is 0 Å². The van der Waals surface area contributed by atoms with E-state index in [1.165, 1.54) is 12.8 Å². The second-order valence-corrected chi connectivity index (χ2v) is 5.65. The lowest BCUT2D eigenvalue weighted by Gasteiger charge is -2.34. The summed E-state index contributed by atoms with van der Waals surface area (Å²) in [6.07, 6.45) is 6.41. The van der Waals surface area contributed by atoms with Gasteiger partial charge < -0.3 is 9.30 Å². The minimum Gasteiger partial charge on any atom is -0.335 e. The zero-order valence-electron chi connectivity index (χ0n) is 11.4. The van der Waals surface area contributed by atoms with Crippen LogP contribution in [0.25, 0.3) is 5.65 Å². The first kappa shape index (κ1) is 11.9. The molecule has 1 aliphatic carbocycles. The zero-order valence-corrected chi connectivity index (χ0v) is 11.4. The first-order valence-corrected chi connectivity index (χ1v) is 7.28. The summed E-state index contributed by atoms with van der Waals surface area (Å²) >= 11 is 0. The summed E-state index contributed by atoms with van der Waals surface area (Å²) in [6, 6.07) is 6.59. The molecule has 0 N–H and O–H groups in total. The van der Waals surface area contributed by atoms with Crippen LogP contribution in [0.4, 0.5) is 0 Å². The first-order valence-electron chi connectivity index (χ1n) is 7.28. The smallest absolute Gasteiger partial charge is 0.274 e.